The minimum atomic E-state index is -2.99. The maximum absolute atomic E-state index is 12.6. The summed E-state index contributed by atoms with van der Waals surface area (Å²) < 4.78 is 25.2. The molecule has 0 aromatic carbocycles. The lowest BCUT2D eigenvalue weighted by Gasteiger charge is -2.36. The Labute approximate surface area is 113 Å². The molecule has 3 nitrogen and oxygen atoms in total. The number of nitrogens with one attached hydrogen (secondary N) is 1. The second kappa shape index (κ2) is 6.90. The molecule has 0 spiro atoms. The van der Waals surface area contributed by atoms with E-state index in [-0.39, 0.29) is 16.5 Å². The summed E-state index contributed by atoms with van der Waals surface area (Å²) in [6, 6.07) is 0.167. The fraction of sp³-hybridized carbons (Fsp3) is 1.00. The molecule has 1 aliphatic carbocycles. The van der Waals surface area contributed by atoms with Crippen LogP contribution in [-0.2, 0) is 9.84 Å². The van der Waals surface area contributed by atoms with Crippen LogP contribution in [0.5, 0.6) is 0 Å². The first-order chi connectivity index (χ1) is 8.43. The first-order valence-corrected chi connectivity index (χ1v) is 9.00. The molecular formula is C14H29NO2S. The normalized spacial score (nSPS) is 31.2. The molecule has 1 N–H and O–H groups in total. The van der Waals surface area contributed by atoms with Crippen molar-refractivity contribution < 1.29 is 8.42 Å². The zero-order chi connectivity index (χ0) is 13.8. The summed E-state index contributed by atoms with van der Waals surface area (Å²) in [6.07, 6.45) is 4.75. The predicted octanol–water partition coefficient (Wildman–Crippen LogP) is 2.76. The summed E-state index contributed by atoms with van der Waals surface area (Å²) >= 11 is 0. The molecule has 0 aliphatic heterocycles. The first-order valence-electron chi connectivity index (χ1n) is 7.39. The third-order valence-corrected chi connectivity index (χ3v) is 7.09. The maximum Gasteiger partial charge on any atom is 0.157 e. The van der Waals surface area contributed by atoms with Crippen LogP contribution in [0.2, 0.25) is 0 Å². The summed E-state index contributed by atoms with van der Waals surface area (Å²) in [5.74, 6) is 0.536. The van der Waals surface area contributed by atoms with Gasteiger partial charge in [0.2, 0.25) is 0 Å². The Hall–Kier alpha value is -0.0900. The van der Waals surface area contributed by atoms with Gasteiger partial charge in [0.05, 0.1) is 10.5 Å². The number of sulfone groups is 1. The summed E-state index contributed by atoms with van der Waals surface area (Å²) in [5, 5.41) is 3.06. The van der Waals surface area contributed by atoms with Gasteiger partial charge in [0.15, 0.2) is 9.84 Å². The number of rotatable bonds is 6. The van der Waals surface area contributed by atoms with Crippen LogP contribution in [0.3, 0.4) is 0 Å². The van der Waals surface area contributed by atoms with Crippen LogP contribution in [0, 0.1) is 5.92 Å². The van der Waals surface area contributed by atoms with Crippen molar-refractivity contribution in [1.29, 1.82) is 0 Å². The number of hydrogen-bond acceptors (Lipinski definition) is 3. The van der Waals surface area contributed by atoms with Crippen LogP contribution < -0.4 is 5.32 Å². The van der Waals surface area contributed by atoms with Crippen molar-refractivity contribution in [3.63, 3.8) is 0 Å². The van der Waals surface area contributed by atoms with E-state index in [4.69, 9.17) is 0 Å². The van der Waals surface area contributed by atoms with Gasteiger partial charge < -0.3 is 5.32 Å². The molecular weight excluding hydrogens is 246 g/mol. The van der Waals surface area contributed by atoms with E-state index in [1.807, 2.05) is 13.8 Å². The van der Waals surface area contributed by atoms with Gasteiger partial charge in [-0.15, -0.1) is 0 Å². The first kappa shape index (κ1) is 16.0. The molecule has 18 heavy (non-hydrogen) atoms. The lowest BCUT2D eigenvalue weighted by Crippen LogP contribution is -2.50. The highest BCUT2D eigenvalue weighted by molar-refractivity contribution is 7.92. The molecule has 4 heteroatoms. The molecule has 4 atom stereocenters. The second-order valence-electron chi connectivity index (χ2n) is 5.83. The molecule has 0 heterocycles. The van der Waals surface area contributed by atoms with E-state index in [2.05, 4.69) is 19.2 Å². The van der Waals surface area contributed by atoms with Crippen LogP contribution >= 0.6 is 0 Å². The van der Waals surface area contributed by atoms with Crippen molar-refractivity contribution in [2.75, 3.05) is 6.54 Å². The smallest absolute Gasteiger partial charge is 0.157 e. The topological polar surface area (TPSA) is 46.2 Å². The molecule has 1 fully saturated rings. The summed E-state index contributed by atoms with van der Waals surface area (Å²) in [5.41, 5.74) is 0. The van der Waals surface area contributed by atoms with Crippen molar-refractivity contribution in [1.82, 2.24) is 5.32 Å². The van der Waals surface area contributed by atoms with Gasteiger partial charge >= 0.3 is 0 Å². The number of hydrogen-bond donors (Lipinski definition) is 1. The van der Waals surface area contributed by atoms with Crippen LogP contribution in [0.25, 0.3) is 0 Å². The predicted molar refractivity (Wildman–Crippen MR) is 77.6 cm³/mol. The van der Waals surface area contributed by atoms with Crippen molar-refractivity contribution >= 4 is 9.84 Å². The molecule has 1 aliphatic rings. The van der Waals surface area contributed by atoms with Gasteiger partial charge in [-0.25, -0.2) is 8.42 Å². The zero-order valence-electron chi connectivity index (χ0n) is 12.3. The monoisotopic (exact) mass is 275 g/mol. The van der Waals surface area contributed by atoms with Gasteiger partial charge in [-0.1, -0.05) is 20.8 Å². The molecule has 0 aromatic rings. The Bertz CT molecular complexity index is 338. The van der Waals surface area contributed by atoms with Crippen LogP contribution in [-0.4, -0.2) is 31.5 Å². The Balaban J connectivity index is 2.84. The van der Waals surface area contributed by atoms with Gasteiger partial charge in [0.1, 0.15) is 0 Å². The van der Waals surface area contributed by atoms with Crippen molar-refractivity contribution in [3.8, 4) is 0 Å². The SMILES string of the molecule is CCCNC1CCC(C)CC1S(=O)(=O)C(C)CC. The highest BCUT2D eigenvalue weighted by Crippen LogP contribution is 2.31. The van der Waals surface area contributed by atoms with E-state index in [1.54, 1.807) is 0 Å². The van der Waals surface area contributed by atoms with Crippen LogP contribution in [0.15, 0.2) is 0 Å². The summed E-state index contributed by atoms with van der Waals surface area (Å²) in [6.45, 7) is 9.03. The third-order valence-electron chi connectivity index (χ3n) is 4.27. The minimum Gasteiger partial charge on any atom is -0.313 e. The van der Waals surface area contributed by atoms with E-state index in [1.165, 1.54) is 0 Å². The fourth-order valence-corrected chi connectivity index (χ4v) is 5.13. The molecule has 108 valence electrons. The van der Waals surface area contributed by atoms with Crippen molar-refractivity contribution in [3.05, 3.63) is 0 Å². The average molecular weight is 275 g/mol. The van der Waals surface area contributed by atoms with E-state index in [0.717, 1.165) is 32.2 Å². The van der Waals surface area contributed by atoms with Gasteiger partial charge in [0, 0.05) is 6.04 Å². The lowest BCUT2D eigenvalue weighted by molar-refractivity contribution is 0.307. The minimum absolute atomic E-state index is 0.167. The maximum atomic E-state index is 12.6. The highest BCUT2D eigenvalue weighted by atomic mass is 32.2. The average Bonchev–Trinajstić information content (AvgIpc) is 2.36. The van der Waals surface area contributed by atoms with Gasteiger partial charge in [-0.3, -0.25) is 0 Å². The largest absolute Gasteiger partial charge is 0.313 e. The van der Waals surface area contributed by atoms with Gasteiger partial charge in [-0.05, 0) is 51.5 Å². The Kier molecular flexibility index (Phi) is 6.12. The Morgan fingerprint density at radius 2 is 1.94 bits per heavy atom. The fourth-order valence-electron chi connectivity index (χ4n) is 2.79. The molecule has 0 bridgehead atoms. The molecule has 1 rings (SSSR count). The zero-order valence-corrected chi connectivity index (χ0v) is 13.1. The molecule has 1 saturated carbocycles. The van der Waals surface area contributed by atoms with E-state index < -0.39 is 9.84 Å². The van der Waals surface area contributed by atoms with E-state index in [0.29, 0.717) is 12.3 Å². The van der Waals surface area contributed by atoms with Crippen LogP contribution in [0.1, 0.15) is 59.8 Å². The van der Waals surface area contributed by atoms with Crippen LogP contribution in [0.4, 0.5) is 0 Å². The molecule has 0 amide bonds. The summed E-state index contributed by atoms with van der Waals surface area (Å²) in [7, 11) is -2.99. The van der Waals surface area contributed by atoms with E-state index >= 15 is 0 Å². The van der Waals surface area contributed by atoms with Gasteiger partial charge in [-0.2, -0.15) is 0 Å². The standard InChI is InChI=1S/C14H29NO2S/c1-5-9-15-13-8-7-11(3)10-14(13)18(16,17)12(4)6-2/h11-15H,5-10H2,1-4H3. The molecule has 0 saturated heterocycles. The van der Waals surface area contributed by atoms with E-state index in [9.17, 15) is 8.42 Å². The van der Waals surface area contributed by atoms with Gasteiger partial charge in [0.25, 0.3) is 0 Å². The Morgan fingerprint density at radius 3 is 2.50 bits per heavy atom. The summed E-state index contributed by atoms with van der Waals surface area (Å²) in [4.78, 5) is 0. The highest BCUT2D eigenvalue weighted by Gasteiger charge is 2.39. The molecule has 0 aromatic heterocycles. The Morgan fingerprint density at radius 1 is 1.28 bits per heavy atom. The van der Waals surface area contributed by atoms with Crippen molar-refractivity contribution in [2.45, 2.75) is 76.3 Å². The lowest BCUT2D eigenvalue weighted by atomic mass is 9.87. The van der Waals surface area contributed by atoms with Crippen molar-refractivity contribution in [2.24, 2.45) is 5.92 Å². The molecule has 4 unspecified atom stereocenters. The third kappa shape index (κ3) is 3.70. The molecule has 0 radical (unpaired) electrons. The quantitative estimate of drug-likeness (QED) is 0.811. The second-order valence-corrected chi connectivity index (χ2v) is 8.41.